The molecule has 2 aromatic heterocycles. The molecule has 2 aliphatic heterocycles. The Morgan fingerprint density at radius 2 is 0.897 bits per heavy atom. The van der Waals surface area contributed by atoms with Crippen LogP contribution in [0.1, 0.15) is 227 Å². The molecule has 322 valence electrons. The molecule has 0 radical (unpaired) electrons. The van der Waals surface area contributed by atoms with Crippen molar-refractivity contribution in [1.29, 1.82) is 0 Å². The van der Waals surface area contributed by atoms with Gasteiger partial charge in [0.15, 0.2) is 0 Å². The fourth-order valence-electron chi connectivity index (χ4n) is 10.5. The summed E-state index contributed by atoms with van der Waals surface area (Å²) in [7, 11) is 0. The van der Waals surface area contributed by atoms with Crippen LogP contribution in [0.15, 0.2) is 30.9 Å². The molecule has 0 spiro atoms. The lowest BCUT2D eigenvalue weighted by Gasteiger charge is -2.29. The second-order valence-electron chi connectivity index (χ2n) is 18.3. The molecule has 2 saturated carbocycles. The van der Waals surface area contributed by atoms with E-state index in [9.17, 15) is 0 Å². The first-order valence-electron chi connectivity index (χ1n) is 24.0. The first-order chi connectivity index (χ1) is 28.3. The lowest BCUT2D eigenvalue weighted by atomic mass is 9.85. The number of nitrogens with zero attached hydrogens (tertiary/aromatic N) is 2. The van der Waals surface area contributed by atoms with Crippen molar-refractivity contribution in [2.75, 3.05) is 13.1 Å². The summed E-state index contributed by atoms with van der Waals surface area (Å²) in [5.41, 5.74) is 5.95. The monoisotopic (exact) mass is 956 g/mol. The highest BCUT2D eigenvalue weighted by atomic mass is 79.9. The van der Waals surface area contributed by atoms with E-state index in [2.05, 4.69) is 81.5 Å². The molecule has 0 saturated heterocycles. The zero-order valence-corrected chi connectivity index (χ0v) is 41.4. The van der Waals surface area contributed by atoms with Gasteiger partial charge in [-0.25, -0.2) is 0 Å². The van der Waals surface area contributed by atoms with Crippen LogP contribution < -0.4 is 0 Å². The molecule has 0 N–H and O–H groups in total. The van der Waals surface area contributed by atoms with Gasteiger partial charge in [0.25, 0.3) is 11.8 Å². The van der Waals surface area contributed by atoms with E-state index in [0.29, 0.717) is 47.9 Å². The maximum absolute atomic E-state index is 15.6. The van der Waals surface area contributed by atoms with Gasteiger partial charge in [-0.2, -0.15) is 0 Å². The third-order valence-electron chi connectivity index (χ3n) is 13.9. The molecule has 0 aromatic carbocycles. The normalized spacial score (nSPS) is 19.3. The molecule has 2 aromatic rings. The topological polar surface area (TPSA) is 40.6 Å². The van der Waals surface area contributed by atoms with Gasteiger partial charge in [-0.05, 0) is 130 Å². The second-order valence-corrected chi connectivity index (χ2v) is 23.1. The zero-order valence-electron chi connectivity index (χ0n) is 36.5. The molecule has 2 amide bonds. The van der Waals surface area contributed by atoms with E-state index in [4.69, 9.17) is 0 Å². The Balaban J connectivity index is 1.48. The van der Waals surface area contributed by atoms with Crippen molar-refractivity contribution in [3.05, 3.63) is 51.7 Å². The summed E-state index contributed by atoms with van der Waals surface area (Å²) in [6, 6.07) is 4.77. The average Bonchev–Trinajstić information content (AvgIpc) is 3.97. The minimum Gasteiger partial charge on any atom is -0.306 e. The van der Waals surface area contributed by atoms with Crippen LogP contribution in [-0.2, 0) is 9.59 Å². The first-order valence-corrected chi connectivity index (χ1v) is 27.2. The van der Waals surface area contributed by atoms with Gasteiger partial charge in [-0.3, -0.25) is 9.59 Å². The summed E-state index contributed by atoms with van der Waals surface area (Å²) in [5.74, 6) is 2.03. The van der Waals surface area contributed by atoms with Crippen LogP contribution >= 0.6 is 54.5 Å². The molecule has 2 unspecified atom stereocenters. The highest BCUT2D eigenvalue weighted by molar-refractivity contribution is 9.11. The van der Waals surface area contributed by atoms with Crippen LogP contribution in [0.25, 0.3) is 11.4 Å². The minimum atomic E-state index is 0.0615. The van der Waals surface area contributed by atoms with Crippen molar-refractivity contribution in [2.45, 2.75) is 206 Å². The third kappa shape index (κ3) is 11.2. The third-order valence-corrected chi connectivity index (χ3v) is 17.7. The Kier molecular flexibility index (Phi) is 18.6. The Labute approximate surface area is 377 Å². The number of hydrogen-bond acceptors (Lipinski definition) is 4. The van der Waals surface area contributed by atoms with Crippen molar-refractivity contribution < 1.29 is 9.59 Å². The zero-order chi connectivity index (χ0) is 41.0. The van der Waals surface area contributed by atoms with Crippen molar-refractivity contribution in [1.82, 2.24) is 9.80 Å². The van der Waals surface area contributed by atoms with Crippen LogP contribution in [-0.4, -0.2) is 34.7 Å². The van der Waals surface area contributed by atoms with E-state index in [1.165, 1.54) is 147 Å². The number of carbonyl (C=O) groups is 2. The van der Waals surface area contributed by atoms with Crippen molar-refractivity contribution in [3.8, 4) is 0 Å². The molecule has 2 fully saturated rings. The van der Waals surface area contributed by atoms with Crippen molar-refractivity contribution >= 4 is 77.7 Å². The lowest BCUT2D eigenvalue weighted by Crippen LogP contribution is -2.34. The minimum absolute atomic E-state index is 0.0615. The first kappa shape index (κ1) is 46.3. The number of halogens is 2. The highest BCUT2D eigenvalue weighted by Gasteiger charge is 2.50. The summed E-state index contributed by atoms with van der Waals surface area (Å²) < 4.78 is 2.37. The standard InChI is InChI=1S/C50H74Br2N2O2S2/c1-5-9-13-17-25-35(23-11-7-3)33-53-45(41-31-39(47(51)57-41)37-27-19-15-20-28-37)43-44(49(53)55)46(42-32-40(48(52)58-42)38-29-21-16-22-30-38)54(50(43)56)34-36(24-12-8-4)26-18-14-10-6-2/h31-32,35-38H,5-30,33-34H2,1-4H3. The number of thiophene rings is 2. The van der Waals surface area contributed by atoms with E-state index in [1.807, 2.05) is 0 Å². The lowest BCUT2D eigenvalue weighted by molar-refractivity contribution is -0.124. The molecular formula is C50H74Br2N2O2S2. The molecule has 58 heavy (non-hydrogen) atoms. The van der Waals surface area contributed by atoms with Gasteiger partial charge in [-0.15, -0.1) is 22.7 Å². The van der Waals surface area contributed by atoms with Gasteiger partial charge in [0.2, 0.25) is 0 Å². The molecule has 2 aliphatic carbocycles. The van der Waals surface area contributed by atoms with Crippen LogP contribution in [0.2, 0.25) is 0 Å². The summed E-state index contributed by atoms with van der Waals surface area (Å²) in [5, 5.41) is 0. The summed E-state index contributed by atoms with van der Waals surface area (Å²) in [4.78, 5) is 37.5. The van der Waals surface area contributed by atoms with Crippen LogP contribution in [0.3, 0.4) is 0 Å². The predicted octanol–water partition coefficient (Wildman–Crippen LogP) is 16.8. The second kappa shape index (κ2) is 23.3. The molecule has 4 aliphatic rings. The Hall–Kier alpha value is -1.22. The number of hydrogen-bond donors (Lipinski definition) is 0. The van der Waals surface area contributed by atoms with Gasteiger partial charge in [0.1, 0.15) is 0 Å². The summed E-state index contributed by atoms with van der Waals surface area (Å²) >= 11 is 11.6. The molecule has 8 heteroatoms. The van der Waals surface area contributed by atoms with Gasteiger partial charge in [0.05, 0.1) is 39.9 Å². The number of unbranched alkanes of at least 4 members (excludes halogenated alkanes) is 8. The number of carbonyl (C=O) groups excluding carboxylic acids is 2. The molecule has 4 heterocycles. The fraction of sp³-hybridized carbons (Fsp3) is 0.720. The molecule has 6 rings (SSSR count). The smallest absolute Gasteiger partial charge is 0.261 e. The van der Waals surface area contributed by atoms with E-state index < -0.39 is 0 Å². The molecule has 2 atom stereocenters. The molecule has 0 bridgehead atoms. The summed E-state index contributed by atoms with van der Waals surface area (Å²) in [6.45, 7) is 10.5. The fourth-order valence-corrected chi connectivity index (χ4v) is 14.5. The number of fused-ring (bicyclic) bond motifs is 1. The van der Waals surface area contributed by atoms with E-state index >= 15 is 9.59 Å². The number of rotatable bonds is 24. The summed E-state index contributed by atoms with van der Waals surface area (Å²) in [6.07, 6.45) is 31.7. The SMILES string of the molecule is CCCCCCC(CCCC)CN1C(=O)C2=C(c3cc(C4CCCCC4)c(Br)s3)N(CC(CCCC)CCCCCC)C(=O)C2=C1c1cc(C2CCCCC2)c(Br)s1. The van der Waals surface area contributed by atoms with Gasteiger partial charge < -0.3 is 9.80 Å². The van der Waals surface area contributed by atoms with Gasteiger partial charge >= 0.3 is 0 Å². The van der Waals surface area contributed by atoms with Gasteiger partial charge in [0, 0.05) is 13.1 Å². The van der Waals surface area contributed by atoms with E-state index in [-0.39, 0.29) is 11.8 Å². The molecular weight excluding hydrogens is 885 g/mol. The van der Waals surface area contributed by atoms with Crippen LogP contribution in [0, 0.1) is 11.8 Å². The van der Waals surface area contributed by atoms with E-state index in [1.54, 1.807) is 22.7 Å². The maximum Gasteiger partial charge on any atom is 0.261 e. The van der Waals surface area contributed by atoms with Crippen LogP contribution in [0.4, 0.5) is 0 Å². The maximum atomic E-state index is 15.6. The van der Waals surface area contributed by atoms with E-state index in [0.717, 1.165) is 59.7 Å². The average molecular weight is 959 g/mol. The van der Waals surface area contributed by atoms with Crippen molar-refractivity contribution in [3.63, 3.8) is 0 Å². The Morgan fingerprint density at radius 1 is 0.534 bits per heavy atom. The Morgan fingerprint density at radius 3 is 1.26 bits per heavy atom. The molecule has 4 nitrogen and oxygen atoms in total. The number of amides is 2. The van der Waals surface area contributed by atoms with Gasteiger partial charge in [-0.1, -0.05) is 143 Å². The Bertz CT molecular complexity index is 1590. The quantitative estimate of drug-likeness (QED) is 0.0984. The largest absolute Gasteiger partial charge is 0.306 e. The van der Waals surface area contributed by atoms with Crippen molar-refractivity contribution in [2.24, 2.45) is 11.8 Å². The van der Waals surface area contributed by atoms with Crippen LogP contribution in [0.5, 0.6) is 0 Å². The predicted molar refractivity (Wildman–Crippen MR) is 257 cm³/mol. The highest BCUT2D eigenvalue weighted by Crippen LogP contribution is 2.53.